The first-order valence-corrected chi connectivity index (χ1v) is 9.00. The van der Waals surface area contributed by atoms with Crippen LogP contribution in [0.2, 0.25) is 0 Å². The number of allylic oxidation sites excluding steroid dienone is 1. The molecule has 2 rings (SSSR count). The quantitative estimate of drug-likeness (QED) is 0.615. The Bertz CT molecular complexity index is 790. The minimum atomic E-state index is -0.954. The second-order valence-electron chi connectivity index (χ2n) is 6.00. The van der Waals surface area contributed by atoms with Crippen LogP contribution in [0.15, 0.2) is 72.3 Å². The monoisotopic (exact) mass is 382 g/mol. The fourth-order valence-electron chi connectivity index (χ4n) is 2.03. The normalized spacial score (nSPS) is 10.9. The highest BCUT2D eigenvalue weighted by molar-refractivity contribution is 5.85. The highest BCUT2D eigenvalue weighted by atomic mass is 16.5. The highest BCUT2D eigenvalue weighted by Crippen LogP contribution is 2.15. The Hall–Kier alpha value is -3.34. The van der Waals surface area contributed by atoms with Crippen molar-refractivity contribution >= 4 is 18.0 Å². The zero-order valence-electron chi connectivity index (χ0n) is 16.2. The maximum Gasteiger partial charge on any atom is 0.330 e. The first-order chi connectivity index (χ1) is 13.4. The van der Waals surface area contributed by atoms with E-state index in [4.69, 9.17) is 14.9 Å². The van der Waals surface area contributed by atoms with Gasteiger partial charge in [-0.05, 0) is 42.7 Å². The number of hydrogen-bond donors (Lipinski definition) is 2. The number of carboxylic acids is 2. The lowest BCUT2D eigenvalue weighted by Crippen LogP contribution is -1.95. The third-order valence-corrected chi connectivity index (χ3v) is 3.62. The standard InChI is InChI=1S/C16H14O3.C7H12O2/c17-16(18)11-8-13-6-9-15(10-7-13)19-12-14-4-2-1-3-5-14;1-3-4-5-6(2)7(8)9/h1-11H,12H2,(H,17,18);5H,3-4H2,1-2H3,(H,8,9). The summed E-state index contributed by atoms with van der Waals surface area (Å²) in [7, 11) is 0. The molecule has 5 heteroatoms. The zero-order valence-corrected chi connectivity index (χ0v) is 16.2. The van der Waals surface area contributed by atoms with Crippen LogP contribution in [0.3, 0.4) is 0 Å². The van der Waals surface area contributed by atoms with Gasteiger partial charge in [-0.15, -0.1) is 0 Å². The third-order valence-electron chi connectivity index (χ3n) is 3.62. The Morgan fingerprint density at radius 3 is 2.18 bits per heavy atom. The van der Waals surface area contributed by atoms with E-state index >= 15 is 0 Å². The number of ether oxygens (including phenoxy) is 1. The smallest absolute Gasteiger partial charge is 0.330 e. The molecule has 5 nitrogen and oxygen atoms in total. The molecule has 2 aromatic rings. The third kappa shape index (κ3) is 9.97. The molecule has 0 amide bonds. The van der Waals surface area contributed by atoms with Gasteiger partial charge in [-0.3, -0.25) is 0 Å². The maximum absolute atomic E-state index is 10.4. The lowest BCUT2D eigenvalue weighted by atomic mass is 10.2. The van der Waals surface area contributed by atoms with E-state index < -0.39 is 11.9 Å². The Morgan fingerprint density at radius 1 is 1.00 bits per heavy atom. The number of rotatable bonds is 8. The maximum atomic E-state index is 10.4. The van der Waals surface area contributed by atoms with E-state index in [0.29, 0.717) is 12.2 Å². The molecule has 0 spiro atoms. The number of hydrogen-bond acceptors (Lipinski definition) is 3. The minimum absolute atomic E-state index is 0.442. The van der Waals surface area contributed by atoms with Crippen molar-refractivity contribution in [3.63, 3.8) is 0 Å². The molecule has 148 valence electrons. The molecular formula is C23H26O5. The molecule has 0 aliphatic carbocycles. The first kappa shape index (κ1) is 22.7. The van der Waals surface area contributed by atoms with E-state index in [1.165, 1.54) is 0 Å². The van der Waals surface area contributed by atoms with Gasteiger partial charge in [-0.1, -0.05) is 61.9 Å². The van der Waals surface area contributed by atoms with Crippen molar-refractivity contribution in [3.05, 3.63) is 83.4 Å². The van der Waals surface area contributed by atoms with E-state index in [9.17, 15) is 9.59 Å². The first-order valence-electron chi connectivity index (χ1n) is 9.00. The van der Waals surface area contributed by atoms with Crippen LogP contribution in [-0.4, -0.2) is 22.2 Å². The molecule has 0 saturated heterocycles. The van der Waals surface area contributed by atoms with Gasteiger partial charge in [0.25, 0.3) is 0 Å². The van der Waals surface area contributed by atoms with Gasteiger partial charge < -0.3 is 14.9 Å². The molecule has 0 bridgehead atoms. The minimum Gasteiger partial charge on any atom is -0.489 e. The molecule has 0 atom stereocenters. The van der Waals surface area contributed by atoms with Crippen molar-refractivity contribution in [1.82, 2.24) is 0 Å². The van der Waals surface area contributed by atoms with E-state index in [1.54, 1.807) is 19.1 Å². The Morgan fingerprint density at radius 2 is 1.64 bits per heavy atom. The van der Waals surface area contributed by atoms with Crippen LogP contribution in [0.25, 0.3) is 6.08 Å². The molecule has 0 fully saturated rings. The summed E-state index contributed by atoms with van der Waals surface area (Å²) in [4.78, 5) is 20.5. The van der Waals surface area contributed by atoms with Crippen molar-refractivity contribution < 1.29 is 24.5 Å². The summed E-state index contributed by atoms with van der Waals surface area (Å²) in [5.41, 5.74) is 2.38. The van der Waals surface area contributed by atoms with Crippen molar-refractivity contribution in [3.8, 4) is 5.75 Å². The molecule has 0 saturated carbocycles. The molecule has 2 aromatic carbocycles. The SMILES string of the molecule is CCCC=C(C)C(=O)O.O=C(O)C=Cc1ccc(OCc2ccccc2)cc1. The lowest BCUT2D eigenvalue weighted by Gasteiger charge is -2.06. The summed E-state index contributed by atoms with van der Waals surface area (Å²) in [6, 6.07) is 17.2. The largest absolute Gasteiger partial charge is 0.489 e. The van der Waals surface area contributed by atoms with Crippen LogP contribution >= 0.6 is 0 Å². The molecule has 2 N–H and O–H groups in total. The molecular weight excluding hydrogens is 356 g/mol. The van der Waals surface area contributed by atoms with Gasteiger partial charge >= 0.3 is 11.9 Å². The summed E-state index contributed by atoms with van der Waals surface area (Å²) in [5.74, 6) is -1.01. The van der Waals surface area contributed by atoms with Crippen molar-refractivity contribution in [2.45, 2.75) is 33.3 Å². The molecule has 0 heterocycles. The number of benzene rings is 2. The Balaban J connectivity index is 0.000000370. The predicted octanol–water partition coefficient (Wildman–Crippen LogP) is 5.18. The number of unbranched alkanes of at least 4 members (excludes halogenated alkanes) is 1. The number of carboxylic acid groups (broad SMARTS) is 2. The summed E-state index contributed by atoms with van der Waals surface area (Å²) in [6.45, 7) is 4.15. The highest BCUT2D eigenvalue weighted by Gasteiger charge is 1.97. The van der Waals surface area contributed by atoms with Gasteiger partial charge in [0.2, 0.25) is 0 Å². The fraction of sp³-hybridized carbons (Fsp3) is 0.217. The fourth-order valence-corrected chi connectivity index (χ4v) is 2.03. The predicted molar refractivity (Wildman–Crippen MR) is 110 cm³/mol. The molecule has 0 unspecified atom stereocenters. The average molecular weight is 382 g/mol. The van der Waals surface area contributed by atoms with Gasteiger partial charge in [0.1, 0.15) is 12.4 Å². The topological polar surface area (TPSA) is 83.8 Å². The van der Waals surface area contributed by atoms with Crippen molar-refractivity contribution in [1.29, 1.82) is 0 Å². The van der Waals surface area contributed by atoms with Crippen LogP contribution < -0.4 is 4.74 Å². The van der Waals surface area contributed by atoms with Crippen molar-refractivity contribution in [2.24, 2.45) is 0 Å². The van der Waals surface area contributed by atoms with Crippen LogP contribution in [0.1, 0.15) is 37.8 Å². The van der Waals surface area contributed by atoms with Gasteiger partial charge in [-0.2, -0.15) is 0 Å². The number of aliphatic carboxylic acids is 2. The van der Waals surface area contributed by atoms with E-state index in [-0.39, 0.29) is 0 Å². The summed E-state index contributed by atoms with van der Waals surface area (Å²) in [5, 5.41) is 16.9. The van der Waals surface area contributed by atoms with Crippen LogP contribution in [0.4, 0.5) is 0 Å². The molecule has 0 aliphatic heterocycles. The lowest BCUT2D eigenvalue weighted by molar-refractivity contribution is -0.133. The molecule has 0 aliphatic rings. The molecule has 0 aromatic heterocycles. The van der Waals surface area contributed by atoms with Gasteiger partial charge in [0.15, 0.2) is 0 Å². The summed E-state index contributed by atoms with van der Waals surface area (Å²) in [6.07, 6.45) is 6.26. The van der Waals surface area contributed by atoms with Crippen molar-refractivity contribution in [2.75, 3.05) is 0 Å². The summed E-state index contributed by atoms with van der Waals surface area (Å²) < 4.78 is 5.63. The summed E-state index contributed by atoms with van der Waals surface area (Å²) >= 11 is 0. The Kier molecular flexibility index (Phi) is 10.5. The van der Waals surface area contributed by atoms with E-state index in [2.05, 4.69) is 0 Å². The average Bonchev–Trinajstić information content (AvgIpc) is 2.70. The Labute approximate surface area is 165 Å². The van der Waals surface area contributed by atoms with Crippen LogP contribution in [0.5, 0.6) is 5.75 Å². The van der Waals surface area contributed by atoms with Gasteiger partial charge in [0, 0.05) is 11.6 Å². The second-order valence-corrected chi connectivity index (χ2v) is 6.00. The van der Waals surface area contributed by atoms with Gasteiger partial charge in [-0.25, -0.2) is 9.59 Å². The zero-order chi connectivity index (χ0) is 20.8. The molecule has 0 radical (unpaired) electrons. The van der Waals surface area contributed by atoms with Crippen LogP contribution in [-0.2, 0) is 16.2 Å². The molecule has 28 heavy (non-hydrogen) atoms. The van der Waals surface area contributed by atoms with Gasteiger partial charge in [0.05, 0.1) is 0 Å². The second kappa shape index (κ2) is 12.9. The van der Waals surface area contributed by atoms with E-state index in [0.717, 1.165) is 35.8 Å². The van der Waals surface area contributed by atoms with E-state index in [1.807, 2.05) is 61.5 Å². The number of carbonyl (C=O) groups is 2. The van der Waals surface area contributed by atoms with Crippen LogP contribution in [0, 0.1) is 0 Å².